The van der Waals surface area contributed by atoms with Gasteiger partial charge < -0.3 is 25.4 Å². The molecule has 9 nitrogen and oxygen atoms in total. The van der Waals surface area contributed by atoms with E-state index in [4.69, 9.17) is 20.2 Å². The van der Waals surface area contributed by atoms with Crippen molar-refractivity contribution in [1.82, 2.24) is 15.2 Å². The highest BCUT2D eigenvalue weighted by molar-refractivity contribution is 5.92. The van der Waals surface area contributed by atoms with E-state index >= 15 is 0 Å². The SMILES string of the molecule is Cc1cc2nc(-c3ccccc3)cc3c2cc1/C=C/CCCCOC(=O)N[C@@H](C1CCCCC1)C(=O)N1C[C@@H](C[C@H]1C(N)=O)O3. The highest BCUT2D eigenvalue weighted by Crippen LogP contribution is 2.35. The van der Waals surface area contributed by atoms with Gasteiger partial charge in [-0.25, -0.2) is 9.78 Å². The molecule has 0 unspecified atom stereocenters. The number of nitrogens with one attached hydrogen (secondary N) is 1. The van der Waals surface area contributed by atoms with Gasteiger partial charge in [0.15, 0.2) is 0 Å². The Hall–Kier alpha value is -4.40. The number of nitrogens with two attached hydrogens (primary N) is 1. The number of nitrogens with zero attached hydrogens (tertiary/aromatic N) is 2. The summed E-state index contributed by atoms with van der Waals surface area (Å²) in [7, 11) is 0. The lowest BCUT2D eigenvalue weighted by Crippen LogP contribution is -2.56. The van der Waals surface area contributed by atoms with Gasteiger partial charge in [0.05, 0.1) is 24.4 Å². The second kappa shape index (κ2) is 13.7. The predicted octanol–water partition coefficient (Wildman–Crippen LogP) is 5.92. The van der Waals surface area contributed by atoms with E-state index in [0.29, 0.717) is 12.2 Å². The molecule has 1 saturated carbocycles. The third-order valence-electron chi connectivity index (χ3n) is 9.35. The minimum Gasteiger partial charge on any atom is -0.488 e. The summed E-state index contributed by atoms with van der Waals surface area (Å²) in [6.45, 7) is 2.51. The van der Waals surface area contributed by atoms with Gasteiger partial charge in [0.25, 0.3) is 0 Å². The largest absolute Gasteiger partial charge is 0.488 e. The molecule has 1 aliphatic carbocycles. The minimum atomic E-state index is -0.848. The molecule has 3 atom stereocenters. The van der Waals surface area contributed by atoms with E-state index < -0.39 is 30.2 Å². The Bertz CT molecular complexity index is 1580. The molecule has 1 aromatic heterocycles. The number of alkyl carbamates (subject to hydrolysis) is 1. The van der Waals surface area contributed by atoms with Crippen molar-refractivity contribution in [3.8, 4) is 17.0 Å². The average Bonchev–Trinajstić information content (AvgIpc) is 3.47. The van der Waals surface area contributed by atoms with E-state index in [1.807, 2.05) is 36.4 Å². The molecule has 4 bridgehead atoms. The van der Waals surface area contributed by atoms with Crippen molar-refractivity contribution in [2.24, 2.45) is 11.7 Å². The number of ether oxygens (including phenoxy) is 2. The van der Waals surface area contributed by atoms with Crippen molar-refractivity contribution in [1.29, 1.82) is 0 Å². The normalized spacial score (nSPS) is 24.2. The number of primary amides is 1. The maximum Gasteiger partial charge on any atom is 0.407 e. The summed E-state index contributed by atoms with van der Waals surface area (Å²) in [5.74, 6) is -0.294. The molecule has 9 heteroatoms. The van der Waals surface area contributed by atoms with Gasteiger partial charge in [0.2, 0.25) is 11.8 Å². The molecule has 3 amide bonds. The second-order valence-corrected chi connectivity index (χ2v) is 12.5. The molecular weight excluding hydrogens is 568 g/mol. The fourth-order valence-electron chi connectivity index (χ4n) is 6.91. The Morgan fingerprint density at radius 2 is 1.82 bits per heavy atom. The second-order valence-electron chi connectivity index (χ2n) is 12.5. The van der Waals surface area contributed by atoms with Crippen LogP contribution in [0, 0.1) is 12.8 Å². The van der Waals surface area contributed by atoms with Crippen LogP contribution in [0.3, 0.4) is 0 Å². The number of carbonyl (C=O) groups excluding carboxylic acids is 3. The van der Waals surface area contributed by atoms with Gasteiger partial charge in [-0.2, -0.15) is 0 Å². The van der Waals surface area contributed by atoms with Gasteiger partial charge in [-0.15, -0.1) is 0 Å². The smallest absolute Gasteiger partial charge is 0.407 e. The number of aromatic nitrogens is 1. The molecule has 3 N–H and O–H groups in total. The molecule has 2 fully saturated rings. The molecular formula is C36H42N4O5. The highest BCUT2D eigenvalue weighted by atomic mass is 16.5. The van der Waals surface area contributed by atoms with E-state index in [1.54, 1.807) is 0 Å². The fraction of sp³-hybridized carbons (Fsp3) is 0.444. The number of fused-ring (bicyclic) bond motifs is 3. The third-order valence-corrected chi connectivity index (χ3v) is 9.35. The first-order chi connectivity index (χ1) is 21.9. The van der Waals surface area contributed by atoms with Crippen LogP contribution >= 0.6 is 0 Å². The van der Waals surface area contributed by atoms with Crippen molar-refractivity contribution in [3.63, 3.8) is 0 Å². The van der Waals surface area contributed by atoms with Crippen LogP contribution in [0.5, 0.6) is 5.75 Å². The monoisotopic (exact) mass is 610 g/mol. The standard InChI is InChI=1S/C36H42N4O5/c1-23-18-30-28-19-26(23)16-6-2-3-11-17-44-36(43)39-33(25-14-9-5-10-15-25)35(42)40-22-27(20-31(40)34(37)41)45-32(28)21-29(38-30)24-12-7-4-8-13-24/h4,6-8,12-13,16,18-19,21,25,27,31,33H,2-3,5,9-11,14-15,17,20,22H2,1H3,(H2,37,41)(H,39,43)/b16-6+/t27-,31+,33+/m1/s1. The van der Waals surface area contributed by atoms with E-state index in [9.17, 15) is 14.4 Å². The summed E-state index contributed by atoms with van der Waals surface area (Å²) in [6.07, 6.45) is 10.5. The summed E-state index contributed by atoms with van der Waals surface area (Å²) < 4.78 is 12.2. The van der Waals surface area contributed by atoms with Crippen LogP contribution in [0.2, 0.25) is 0 Å². The van der Waals surface area contributed by atoms with Gasteiger partial charge >= 0.3 is 6.09 Å². The molecule has 1 saturated heterocycles. The number of hydrogen-bond donors (Lipinski definition) is 2. The summed E-state index contributed by atoms with van der Waals surface area (Å²) >= 11 is 0. The van der Waals surface area contributed by atoms with E-state index in [0.717, 1.165) is 78.2 Å². The maximum absolute atomic E-state index is 14.2. The number of rotatable bonds is 3. The summed E-state index contributed by atoms with van der Waals surface area (Å²) in [5.41, 5.74) is 10.6. The first-order valence-electron chi connectivity index (χ1n) is 16.2. The molecule has 2 aromatic carbocycles. The zero-order valence-corrected chi connectivity index (χ0v) is 25.9. The van der Waals surface area contributed by atoms with Crippen molar-refractivity contribution in [3.05, 3.63) is 65.7 Å². The van der Waals surface area contributed by atoms with Gasteiger partial charge in [0, 0.05) is 23.4 Å². The van der Waals surface area contributed by atoms with Gasteiger partial charge in [-0.1, -0.05) is 61.7 Å². The number of amides is 3. The number of allylic oxidation sites excluding steroid dienone is 1. The molecule has 3 heterocycles. The quantitative estimate of drug-likeness (QED) is 0.380. The number of pyridine rings is 1. The molecule has 0 radical (unpaired) electrons. The minimum absolute atomic E-state index is 0.0363. The van der Waals surface area contributed by atoms with E-state index in [2.05, 4.69) is 36.5 Å². The zero-order valence-electron chi connectivity index (χ0n) is 25.9. The Morgan fingerprint density at radius 3 is 2.60 bits per heavy atom. The van der Waals surface area contributed by atoms with Gasteiger partial charge in [-0.05, 0) is 68.2 Å². The summed E-state index contributed by atoms with van der Waals surface area (Å²) in [5, 5.41) is 3.74. The third kappa shape index (κ3) is 6.97. The lowest BCUT2D eigenvalue weighted by molar-refractivity contribution is -0.140. The van der Waals surface area contributed by atoms with Gasteiger partial charge in [0.1, 0.15) is 23.9 Å². The lowest BCUT2D eigenvalue weighted by atomic mass is 9.83. The molecule has 3 aromatic rings. The molecule has 2 aliphatic heterocycles. The van der Waals surface area contributed by atoms with Crippen LogP contribution in [-0.4, -0.2) is 59.1 Å². The van der Waals surface area contributed by atoms with Crippen molar-refractivity contribution < 1.29 is 23.9 Å². The number of benzene rings is 2. The average molecular weight is 611 g/mol. The molecule has 45 heavy (non-hydrogen) atoms. The first kappa shape index (κ1) is 30.6. The predicted molar refractivity (Wildman–Crippen MR) is 173 cm³/mol. The Kier molecular flexibility index (Phi) is 9.33. The van der Waals surface area contributed by atoms with Crippen LogP contribution in [0.25, 0.3) is 28.2 Å². The molecule has 236 valence electrons. The lowest BCUT2D eigenvalue weighted by Gasteiger charge is -2.34. The van der Waals surface area contributed by atoms with Crippen LogP contribution in [0.1, 0.15) is 68.9 Å². The number of aryl methyl sites for hydroxylation is 1. The topological polar surface area (TPSA) is 124 Å². The summed E-state index contributed by atoms with van der Waals surface area (Å²) in [4.78, 5) is 46.3. The number of carbonyl (C=O) groups is 3. The van der Waals surface area contributed by atoms with Crippen molar-refractivity contribution in [2.45, 2.75) is 82.9 Å². The van der Waals surface area contributed by atoms with Crippen molar-refractivity contribution in [2.75, 3.05) is 13.2 Å². The van der Waals surface area contributed by atoms with Crippen LogP contribution < -0.4 is 15.8 Å². The molecule has 3 aliphatic rings. The molecule has 0 spiro atoms. The zero-order chi connectivity index (χ0) is 31.3. The maximum atomic E-state index is 14.2. The highest BCUT2D eigenvalue weighted by Gasteiger charge is 2.44. The van der Waals surface area contributed by atoms with Crippen molar-refractivity contribution >= 4 is 34.9 Å². The summed E-state index contributed by atoms with van der Waals surface area (Å²) in [6, 6.07) is 14.4. The first-order valence-corrected chi connectivity index (χ1v) is 16.2. The fourth-order valence-corrected chi connectivity index (χ4v) is 6.91. The number of hydrogen-bond acceptors (Lipinski definition) is 6. The Labute approximate surface area is 264 Å². The van der Waals surface area contributed by atoms with Gasteiger partial charge in [-0.3, -0.25) is 9.59 Å². The Balaban J connectivity index is 1.40. The molecule has 6 rings (SSSR count). The van der Waals surface area contributed by atoms with Crippen LogP contribution in [-0.2, 0) is 14.3 Å². The number of cyclic esters (lactones) is 1. The van der Waals surface area contributed by atoms with E-state index in [-0.39, 0.29) is 31.4 Å². The van der Waals surface area contributed by atoms with Crippen LogP contribution in [0.15, 0.2) is 54.6 Å². The van der Waals surface area contributed by atoms with Crippen LogP contribution in [0.4, 0.5) is 4.79 Å². The van der Waals surface area contributed by atoms with E-state index in [1.165, 1.54) is 4.90 Å². The Morgan fingerprint density at radius 1 is 1.02 bits per heavy atom.